The molecule has 1 fully saturated rings. The van der Waals surface area contributed by atoms with E-state index in [0.717, 1.165) is 6.42 Å². The predicted octanol–water partition coefficient (Wildman–Crippen LogP) is 4.72. The monoisotopic (exact) mass is 520 g/mol. The van der Waals surface area contributed by atoms with Crippen molar-refractivity contribution in [1.82, 2.24) is 10.2 Å². The molecule has 2 aromatic rings. The number of aliphatic carboxylic acids is 1. The molecule has 2 aromatic carbocycles. The van der Waals surface area contributed by atoms with Gasteiger partial charge in [0.1, 0.15) is 23.8 Å². The highest BCUT2D eigenvalue weighted by Crippen LogP contribution is 2.32. The molecule has 1 heterocycles. The van der Waals surface area contributed by atoms with Gasteiger partial charge in [-0.15, -0.1) is 0 Å². The summed E-state index contributed by atoms with van der Waals surface area (Å²) in [6.45, 7) is 5.02. The molecule has 1 unspecified atom stereocenters. The fraction of sp³-hybridized carbons (Fsp3) is 0.423. The van der Waals surface area contributed by atoms with E-state index in [9.17, 15) is 19.5 Å². The number of ether oxygens (including phenoxy) is 1. The van der Waals surface area contributed by atoms with Crippen LogP contribution in [0.3, 0.4) is 0 Å². The first kappa shape index (κ1) is 26.8. The molecule has 2 amide bonds. The number of carboxylic acids is 1. The lowest BCUT2D eigenvalue weighted by Gasteiger charge is -2.39. The first-order chi connectivity index (χ1) is 16.7. The number of hydrogen-bond donors (Lipinski definition) is 2. The lowest BCUT2D eigenvalue weighted by Crippen LogP contribution is -2.58. The molecule has 35 heavy (non-hydrogen) atoms. The molecule has 1 atom stereocenters. The highest BCUT2D eigenvalue weighted by Gasteiger charge is 2.47. The van der Waals surface area contributed by atoms with E-state index in [1.165, 1.54) is 0 Å². The van der Waals surface area contributed by atoms with Gasteiger partial charge in [-0.05, 0) is 49.1 Å². The van der Waals surface area contributed by atoms with Gasteiger partial charge in [0.05, 0.1) is 0 Å². The Labute approximate surface area is 215 Å². The van der Waals surface area contributed by atoms with E-state index < -0.39 is 23.3 Å². The number of benzene rings is 2. The molecule has 2 N–H and O–H groups in total. The molecule has 9 heteroatoms. The van der Waals surface area contributed by atoms with Crippen molar-refractivity contribution in [3.8, 4) is 5.75 Å². The van der Waals surface area contributed by atoms with Crippen molar-refractivity contribution >= 4 is 41.0 Å². The van der Waals surface area contributed by atoms with Gasteiger partial charge < -0.3 is 20.1 Å². The summed E-state index contributed by atoms with van der Waals surface area (Å²) in [6.07, 6.45) is 1.59. The van der Waals surface area contributed by atoms with Gasteiger partial charge in [0, 0.05) is 35.1 Å². The van der Waals surface area contributed by atoms with Crippen LogP contribution >= 0.6 is 23.2 Å². The van der Waals surface area contributed by atoms with Crippen LogP contribution in [0.1, 0.15) is 44.2 Å². The Morgan fingerprint density at radius 1 is 1.06 bits per heavy atom. The van der Waals surface area contributed by atoms with Gasteiger partial charge in [0.15, 0.2) is 0 Å². The zero-order valence-electron chi connectivity index (χ0n) is 19.9. The Morgan fingerprint density at radius 2 is 1.66 bits per heavy atom. The maximum Gasteiger partial charge on any atom is 0.326 e. The van der Waals surface area contributed by atoms with Crippen LogP contribution in [0.5, 0.6) is 5.75 Å². The van der Waals surface area contributed by atoms with Crippen molar-refractivity contribution in [3.05, 3.63) is 63.6 Å². The molecule has 1 saturated heterocycles. The van der Waals surface area contributed by atoms with Crippen LogP contribution in [-0.4, -0.2) is 46.9 Å². The largest absolute Gasteiger partial charge is 0.489 e. The Kier molecular flexibility index (Phi) is 9.03. The number of rotatable bonds is 11. The number of amides is 2. The molecule has 188 valence electrons. The second-order valence-corrected chi connectivity index (χ2v) is 9.45. The predicted molar refractivity (Wildman–Crippen MR) is 135 cm³/mol. The molecule has 1 aliphatic heterocycles. The first-order valence-corrected chi connectivity index (χ1v) is 12.4. The van der Waals surface area contributed by atoms with E-state index in [-0.39, 0.29) is 18.9 Å². The smallest absolute Gasteiger partial charge is 0.326 e. The van der Waals surface area contributed by atoms with E-state index in [4.69, 9.17) is 27.9 Å². The van der Waals surface area contributed by atoms with Crippen LogP contribution in [0.4, 0.5) is 0 Å². The molecule has 0 saturated carbocycles. The number of likely N-dealkylation sites (tertiary alicyclic amines) is 1. The topological polar surface area (TPSA) is 95.9 Å². The summed E-state index contributed by atoms with van der Waals surface area (Å²) in [4.78, 5) is 39.8. The Hall–Kier alpha value is -2.77. The summed E-state index contributed by atoms with van der Waals surface area (Å²) in [7, 11) is 0. The van der Waals surface area contributed by atoms with Gasteiger partial charge in [0.25, 0.3) is 0 Å². The van der Waals surface area contributed by atoms with Crippen LogP contribution in [0, 0.1) is 5.41 Å². The number of carboxylic acid groups (broad SMARTS) is 1. The first-order valence-electron chi connectivity index (χ1n) is 11.7. The van der Waals surface area contributed by atoms with Crippen molar-refractivity contribution in [1.29, 1.82) is 0 Å². The standard InChI is InChI=1S/C26H30Cl2N2O5/c1-3-26(4-2,25(34)30-13-6-14-30)24(33)29-22(23(31)32)15-17-9-11-18(12-10-17)35-16-19-20(27)7-5-8-21(19)28/h5,7-12,22H,3-4,6,13-16H2,1-2H3,(H,29,33)(H,31,32). The molecular weight excluding hydrogens is 491 g/mol. The molecule has 0 spiro atoms. The summed E-state index contributed by atoms with van der Waals surface area (Å²) < 4.78 is 5.77. The Balaban J connectivity index is 1.66. The average Bonchev–Trinajstić information content (AvgIpc) is 2.79. The normalized spacial score (nSPS) is 14.1. The van der Waals surface area contributed by atoms with E-state index in [1.54, 1.807) is 61.2 Å². The maximum absolute atomic E-state index is 13.2. The van der Waals surface area contributed by atoms with Crippen LogP contribution in [-0.2, 0) is 27.4 Å². The second kappa shape index (κ2) is 11.8. The zero-order valence-corrected chi connectivity index (χ0v) is 21.4. The Morgan fingerprint density at radius 3 is 2.14 bits per heavy atom. The summed E-state index contributed by atoms with van der Waals surface area (Å²) in [5.41, 5.74) is 0.122. The van der Waals surface area contributed by atoms with Gasteiger partial charge in [-0.3, -0.25) is 9.59 Å². The Bertz CT molecular complexity index is 1050. The van der Waals surface area contributed by atoms with Crippen molar-refractivity contribution in [2.45, 2.75) is 52.2 Å². The van der Waals surface area contributed by atoms with E-state index in [0.29, 0.717) is 52.9 Å². The van der Waals surface area contributed by atoms with Crippen molar-refractivity contribution in [2.24, 2.45) is 5.41 Å². The van der Waals surface area contributed by atoms with Gasteiger partial charge in [-0.2, -0.15) is 0 Å². The van der Waals surface area contributed by atoms with Crippen LogP contribution in [0.25, 0.3) is 0 Å². The SMILES string of the molecule is CCC(CC)(C(=O)NC(Cc1ccc(OCc2c(Cl)cccc2Cl)cc1)C(=O)O)C(=O)N1CCC1. The number of nitrogens with zero attached hydrogens (tertiary/aromatic N) is 1. The average molecular weight is 521 g/mol. The van der Waals surface area contributed by atoms with Crippen LogP contribution in [0.15, 0.2) is 42.5 Å². The van der Waals surface area contributed by atoms with Gasteiger partial charge in [-0.1, -0.05) is 55.2 Å². The van der Waals surface area contributed by atoms with E-state index in [2.05, 4.69) is 5.32 Å². The minimum atomic E-state index is -1.26. The van der Waals surface area contributed by atoms with Crippen molar-refractivity contribution in [3.63, 3.8) is 0 Å². The zero-order chi connectivity index (χ0) is 25.6. The molecule has 0 radical (unpaired) electrons. The summed E-state index contributed by atoms with van der Waals surface area (Å²) >= 11 is 12.3. The minimum absolute atomic E-state index is 0.0686. The molecule has 1 aliphatic rings. The number of hydrogen-bond acceptors (Lipinski definition) is 4. The molecule has 7 nitrogen and oxygen atoms in total. The third-order valence-corrected chi connectivity index (χ3v) is 7.31. The van der Waals surface area contributed by atoms with E-state index in [1.807, 2.05) is 0 Å². The number of carbonyl (C=O) groups is 3. The van der Waals surface area contributed by atoms with Crippen molar-refractivity contribution < 1.29 is 24.2 Å². The lowest BCUT2D eigenvalue weighted by molar-refractivity contribution is -0.156. The highest BCUT2D eigenvalue weighted by molar-refractivity contribution is 6.35. The summed E-state index contributed by atoms with van der Waals surface area (Å²) in [6, 6.07) is 11.0. The number of carbonyl (C=O) groups excluding carboxylic acids is 2. The minimum Gasteiger partial charge on any atom is -0.489 e. The molecule has 0 aromatic heterocycles. The highest BCUT2D eigenvalue weighted by atomic mass is 35.5. The second-order valence-electron chi connectivity index (χ2n) is 8.64. The molecule has 3 rings (SSSR count). The maximum atomic E-state index is 13.2. The quantitative estimate of drug-likeness (QED) is 0.417. The fourth-order valence-corrected chi connectivity index (χ4v) is 4.58. The van der Waals surface area contributed by atoms with Gasteiger partial charge in [-0.25, -0.2) is 4.79 Å². The number of halogens is 2. The third kappa shape index (κ3) is 6.08. The summed E-state index contributed by atoms with van der Waals surface area (Å²) in [5, 5.41) is 13.4. The summed E-state index contributed by atoms with van der Waals surface area (Å²) in [5.74, 6) is -1.36. The third-order valence-electron chi connectivity index (χ3n) is 6.61. The molecule has 0 bridgehead atoms. The number of nitrogens with one attached hydrogen (secondary N) is 1. The van der Waals surface area contributed by atoms with Crippen molar-refractivity contribution in [2.75, 3.05) is 13.1 Å². The van der Waals surface area contributed by atoms with E-state index >= 15 is 0 Å². The lowest BCUT2D eigenvalue weighted by atomic mass is 9.78. The molecule has 0 aliphatic carbocycles. The van der Waals surface area contributed by atoms with Crippen LogP contribution < -0.4 is 10.1 Å². The van der Waals surface area contributed by atoms with Gasteiger partial charge >= 0.3 is 5.97 Å². The molecular formula is C26H30Cl2N2O5. The fourth-order valence-electron chi connectivity index (χ4n) is 4.07. The van der Waals surface area contributed by atoms with Gasteiger partial charge in [0.2, 0.25) is 11.8 Å². The van der Waals surface area contributed by atoms with Crippen LogP contribution in [0.2, 0.25) is 10.0 Å².